The van der Waals surface area contributed by atoms with Gasteiger partial charge < -0.3 is 25.4 Å². The molecule has 1 aliphatic heterocycles. The third-order valence-corrected chi connectivity index (χ3v) is 4.12. The standard InChI is InChI=1S/C19H39N5O3.HI/c1-7-20-17(21-8-9-24-10-12-26-13-11-24)22-14-16(15(2)3)23-18(25)27-19(4,5)6;/h15-16H,7-14H2,1-6H3,(H,23,25)(H2,20,21,22);1H. The zero-order valence-corrected chi connectivity index (χ0v) is 20.7. The maximum Gasteiger partial charge on any atom is 0.407 e. The van der Waals surface area contributed by atoms with E-state index >= 15 is 0 Å². The van der Waals surface area contributed by atoms with Gasteiger partial charge in [0.2, 0.25) is 0 Å². The molecule has 166 valence electrons. The molecule has 0 aromatic rings. The van der Waals surface area contributed by atoms with Crippen LogP contribution in [0.15, 0.2) is 4.99 Å². The topological polar surface area (TPSA) is 87.2 Å². The lowest BCUT2D eigenvalue weighted by molar-refractivity contribution is 0.0389. The summed E-state index contributed by atoms with van der Waals surface area (Å²) in [5.74, 6) is 1.01. The number of rotatable bonds is 8. The molecule has 1 unspecified atom stereocenters. The van der Waals surface area contributed by atoms with Crippen molar-refractivity contribution in [1.29, 1.82) is 0 Å². The van der Waals surface area contributed by atoms with E-state index in [1.165, 1.54) is 0 Å². The van der Waals surface area contributed by atoms with Gasteiger partial charge in [-0.2, -0.15) is 0 Å². The molecule has 8 nitrogen and oxygen atoms in total. The molecule has 1 heterocycles. The molecule has 0 saturated carbocycles. The van der Waals surface area contributed by atoms with Crippen LogP contribution in [0.4, 0.5) is 4.79 Å². The molecule has 1 atom stereocenters. The first-order valence-corrected chi connectivity index (χ1v) is 10.0. The van der Waals surface area contributed by atoms with Gasteiger partial charge in [-0.25, -0.2) is 4.79 Å². The summed E-state index contributed by atoms with van der Waals surface area (Å²) >= 11 is 0. The fourth-order valence-corrected chi connectivity index (χ4v) is 2.57. The van der Waals surface area contributed by atoms with Crippen molar-refractivity contribution >= 4 is 36.0 Å². The number of aliphatic imine (C=N–C) groups is 1. The van der Waals surface area contributed by atoms with Gasteiger partial charge in [0.05, 0.1) is 25.8 Å². The molecular weight excluding hydrogens is 473 g/mol. The maximum atomic E-state index is 12.1. The van der Waals surface area contributed by atoms with E-state index in [1.807, 2.05) is 27.7 Å². The Bertz CT molecular complexity index is 463. The molecule has 3 N–H and O–H groups in total. The number of hydrogen-bond donors (Lipinski definition) is 3. The first-order valence-electron chi connectivity index (χ1n) is 10.0. The van der Waals surface area contributed by atoms with E-state index in [9.17, 15) is 4.79 Å². The summed E-state index contributed by atoms with van der Waals surface area (Å²) in [6.07, 6.45) is -0.401. The number of hydrogen-bond acceptors (Lipinski definition) is 5. The smallest absolute Gasteiger partial charge is 0.407 e. The molecule has 0 aliphatic carbocycles. The van der Waals surface area contributed by atoms with Gasteiger partial charge in [-0.05, 0) is 33.6 Å². The minimum absolute atomic E-state index is 0. The van der Waals surface area contributed by atoms with E-state index in [-0.39, 0.29) is 35.9 Å². The van der Waals surface area contributed by atoms with E-state index in [1.54, 1.807) is 0 Å². The zero-order chi connectivity index (χ0) is 20.3. The summed E-state index contributed by atoms with van der Waals surface area (Å²) in [6.45, 7) is 18.4. The largest absolute Gasteiger partial charge is 0.444 e. The Kier molecular flexibility index (Phi) is 13.8. The number of carbonyl (C=O) groups excluding carboxylic acids is 1. The van der Waals surface area contributed by atoms with Gasteiger partial charge in [0.25, 0.3) is 0 Å². The normalized spacial score (nSPS) is 16.9. The number of nitrogens with one attached hydrogen (secondary N) is 3. The molecule has 1 aliphatic rings. The highest BCUT2D eigenvalue weighted by molar-refractivity contribution is 14.0. The molecule has 1 saturated heterocycles. The van der Waals surface area contributed by atoms with Crippen molar-refractivity contribution in [2.24, 2.45) is 10.9 Å². The number of alkyl carbamates (subject to hydrolysis) is 1. The van der Waals surface area contributed by atoms with Gasteiger partial charge >= 0.3 is 6.09 Å². The van der Waals surface area contributed by atoms with Gasteiger partial charge in [-0.3, -0.25) is 9.89 Å². The maximum absolute atomic E-state index is 12.1. The second kappa shape index (κ2) is 14.2. The minimum atomic E-state index is -0.509. The van der Waals surface area contributed by atoms with Crippen LogP contribution in [0.3, 0.4) is 0 Å². The van der Waals surface area contributed by atoms with Crippen LogP contribution in [0.25, 0.3) is 0 Å². The number of guanidine groups is 1. The van der Waals surface area contributed by atoms with E-state index in [0.717, 1.165) is 51.9 Å². The summed E-state index contributed by atoms with van der Waals surface area (Å²) in [4.78, 5) is 19.1. The number of ether oxygens (including phenoxy) is 2. The Balaban J connectivity index is 0.00000729. The van der Waals surface area contributed by atoms with Gasteiger partial charge in [0.1, 0.15) is 5.60 Å². The van der Waals surface area contributed by atoms with Gasteiger partial charge in [-0.1, -0.05) is 13.8 Å². The van der Waals surface area contributed by atoms with Gasteiger partial charge in [0.15, 0.2) is 5.96 Å². The molecule has 0 bridgehead atoms. The van der Waals surface area contributed by atoms with Crippen molar-refractivity contribution in [2.45, 2.75) is 53.2 Å². The second-order valence-electron chi connectivity index (χ2n) is 8.10. The molecule has 28 heavy (non-hydrogen) atoms. The molecule has 1 amide bonds. The Hall–Kier alpha value is -0.810. The summed E-state index contributed by atoms with van der Waals surface area (Å²) in [7, 11) is 0. The highest BCUT2D eigenvalue weighted by Crippen LogP contribution is 2.09. The van der Waals surface area contributed by atoms with Crippen LogP contribution in [0, 0.1) is 5.92 Å². The Morgan fingerprint density at radius 3 is 2.39 bits per heavy atom. The van der Waals surface area contributed by atoms with Gasteiger partial charge in [-0.15, -0.1) is 24.0 Å². The van der Waals surface area contributed by atoms with Crippen LogP contribution in [-0.4, -0.2) is 81.1 Å². The van der Waals surface area contributed by atoms with Crippen LogP contribution in [0.5, 0.6) is 0 Å². The number of carbonyl (C=O) groups is 1. The molecule has 9 heteroatoms. The monoisotopic (exact) mass is 513 g/mol. The number of halogens is 1. The van der Waals surface area contributed by atoms with Crippen molar-refractivity contribution in [3.8, 4) is 0 Å². The fraction of sp³-hybridized carbons (Fsp3) is 0.895. The Morgan fingerprint density at radius 1 is 1.21 bits per heavy atom. The third kappa shape index (κ3) is 12.6. The number of nitrogens with zero attached hydrogens (tertiary/aromatic N) is 2. The lowest BCUT2D eigenvalue weighted by Gasteiger charge is -2.27. The quantitative estimate of drug-likeness (QED) is 0.262. The van der Waals surface area contributed by atoms with Crippen molar-refractivity contribution in [3.63, 3.8) is 0 Å². The predicted octanol–water partition coefficient (Wildman–Crippen LogP) is 2.04. The summed E-state index contributed by atoms with van der Waals surface area (Å²) in [5, 5.41) is 9.56. The first-order chi connectivity index (χ1) is 12.7. The van der Waals surface area contributed by atoms with Crippen LogP contribution in [0.2, 0.25) is 0 Å². The minimum Gasteiger partial charge on any atom is -0.444 e. The van der Waals surface area contributed by atoms with E-state index in [0.29, 0.717) is 6.54 Å². The SMILES string of the molecule is CCNC(=NCC(NC(=O)OC(C)(C)C)C(C)C)NCCN1CCOCC1.I. The van der Waals surface area contributed by atoms with Crippen LogP contribution in [0.1, 0.15) is 41.5 Å². The van der Waals surface area contributed by atoms with Crippen LogP contribution < -0.4 is 16.0 Å². The first kappa shape index (κ1) is 27.2. The summed E-state index contributed by atoms with van der Waals surface area (Å²) < 4.78 is 10.7. The van der Waals surface area contributed by atoms with Crippen molar-refractivity contribution in [3.05, 3.63) is 0 Å². The highest BCUT2D eigenvalue weighted by Gasteiger charge is 2.21. The number of morpholine rings is 1. The fourth-order valence-electron chi connectivity index (χ4n) is 2.57. The highest BCUT2D eigenvalue weighted by atomic mass is 127. The second-order valence-corrected chi connectivity index (χ2v) is 8.10. The number of amides is 1. The molecule has 1 rings (SSSR count). The Morgan fingerprint density at radius 2 is 1.86 bits per heavy atom. The molecular formula is C19H40IN5O3. The summed E-state index contributed by atoms with van der Waals surface area (Å²) in [6, 6.07) is -0.0884. The average Bonchev–Trinajstić information content (AvgIpc) is 2.57. The zero-order valence-electron chi connectivity index (χ0n) is 18.3. The molecule has 0 radical (unpaired) electrons. The predicted molar refractivity (Wildman–Crippen MR) is 125 cm³/mol. The lowest BCUT2D eigenvalue weighted by Crippen LogP contribution is -2.46. The Labute approximate surface area is 187 Å². The van der Waals surface area contributed by atoms with E-state index in [4.69, 9.17) is 9.47 Å². The molecule has 0 aromatic carbocycles. The van der Waals surface area contributed by atoms with Crippen molar-refractivity contribution in [2.75, 3.05) is 52.5 Å². The van der Waals surface area contributed by atoms with Crippen molar-refractivity contribution < 1.29 is 14.3 Å². The molecule has 0 aromatic heterocycles. The van der Waals surface area contributed by atoms with Crippen LogP contribution >= 0.6 is 24.0 Å². The van der Waals surface area contributed by atoms with Gasteiger partial charge in [0, 0.05) is 32.7 Å². The average molecular weight is 513 g/mol. The lowest BCUT2D eigenvalue weighted by atomic mass is 10.1. The molecule has 0 spiro atoms. The van der Waals surface area contributed by atoms with Crippen molar-refractivity contribution in [1.82, 2.24) is 20.9 Å². The summed E-state index contributed by atoms with van der Waals surface area (Å²) in [5.41, 5.74) is -0.509. The molecule has 1 fully saturated rings. The third-order valence-electron chi connectivity index (χ3n) is 4.12. The van der Waals surface area contributed by atoms with E-state index < -0.39 is 11.7 Å². The van der Waals surface area contributed by atoms with Crippen LogP contribution in [-0.2, 0) is 9.47 Å². The van der Waals surface area contributed by atoms with E-state index in [2.05, 4.69) is 39.7 Å².